The molecule has 1 amide bonds. The number of amides is 1. The van der Waals surface area contributed by atoms with E-state index in [4.69, 9.17) is 27.9 Å². The number of hydrogen-bond donors (Lipinski definition) is 1. The van der Waals surface area contributed by atoms with Crippen molar-refractivity contribution in [2.75, 3.05) is 12.4 Å². The summed E-state index contributed by atoms with van der Waals surface area (Å²) in [4.78, 5) is 19.8. The number of halogens is 2. The molecule has 1 aromatic heterocycles. The molecule has 0 fully saturated rings. The molecule has 1 aromatic carbocycles. The topological polar surface area (TPSA) is 64.1 Å². The first-order valence-electron chi connectivity index (χ1n) is 6.07. The van der Waals surface area contributed by atoms with Crippen LogP contribution in [0.15, 0.2) is 18.3 Å². The number of ether oxygens (including phenoxy) is 1. The van der Waals surface area contributed by atoms with E-state index < -0.39 is 0 Å². The second-order valence-electron chi connectivity index (χ2n) is 4.44. The molecule has 7 heteroatoms. The van der Waals surface area contributed by atoms with Gasteiger partial charge in [-0.25, -0.2) is 9.97 Å². The Hall–Kier alpha value is -1.85. The average molecular weight is 326 g/mol. The molecule has 0 atom stereocenters. The van der Waals surface area contributed by atoms with Crippen molar-refractivity contribution in [3.8, 4) is 5.75 Å². The standard InChI is InChI=1S/C14H13Cl2N3O2/c1-7-4-9(5-8(2)11(7)21-3)13(20)18-10-6-17-14(16)19-12(10)15/h4-6H,1-3H3,(H,18,20). The quantitative estimate of drug-likeness (QED) is 0.690. The lowest BCUT2D eigenvalue weighted by Gasteiger charge is -2.11. The minimum Gasteiger partial charge on any atom is -0.496 e. The summed E-state index contributed by atoms with van der Waals surface area (Å²) in [6.45, 7) is 3.75. The van der Waals surface area contributed by atoms with Crippen molar-refractivity contribution in [1.29, 1.82) is 0 Å². The van der Waals surface area contributed by atoms with Crippen molar-refractivity contribution in [1.82, 2.24) is 9.97 Å². The Bertz CT molecular complexity index is 682. The SMILES string of the molecule is COc1c(C)cc(C(=O)Nc2cnc(Cl)nc2Cl)cc1C. The van der Waals surface area contributed by atoms with Gasteiger partial charge in [-0.05, 0) is 48.7 Å². The first-order chi connectivity index (χ1) is 9.92. The van der Waals surface area contributed by atoms with E-state index in [1.54, 1.807) is 19.2 Å². The summed E-state index contributed by atoms with van der Waals surface area (Å²) in [7, 11) is 1.60. The van der Waals surface area contributed by atoms with Crippen LogP contribution in [0.3, 0.4) is 0 Å². The second-order valence-corrected chi connectivity index (χ2v) is 5.14. The number of nitrogens with zero attached hydrogens (tertiary/aromatic N) is 2. The van der Waals surface area contributed by atoms with Crippen LogP contribution < -0.4 is 10.1 Å². The maximum Gasteiger partial charge on any atom is 0.255 e. The number of hydrogen-bond acceptors (Lipinski definition) is 4. The Kier molecular flexibility index (Phi) is 4.65. The number of aryl methyl sites for hydroxylation is 2. The summed E-state index contributed by atoms with van der Waals surface area (Å²) in [5.41, 5.74) is 2.55. The zero-order valence-corrected chi connectivity index (χ0v) is 13.2. The van der Waals surface area contributed by atoms with Crippen molar-refractivity contribution in [3.05, 3.63) is 45.5 Å². The number of carbonyl (C=O) groups excluding carboxylic acids is 1. The predicted molar refractivity (Wildman–Crippen MR) is 82.5 cm³/mol. The van der Waals surface area contributed by atoms with Crippen molar-refractivity contribution in [2.24, 2.45) is 0 Å². The third kappa shape index (κ3) is 3.43. The van der Waals surface area contributed by atoms with E-state index in [0.717, 1.165) is 16.9 Å². The summed E-state index contributed by atoms with van der Waals surface area (Å²) in [5, 5.41) is 2.76. The van der Waals surface area contributed by atoms with E-state index in [-0.39, 0.29) is 16.3 Å². The molecule has 21 heavy (non-hydrogen) atoms. The Labute approximate surface area is 132 Å². The molecule has 1 heterocycles. The van der Waals surface area contributed by atoms with Crippen LogP contribution in [0.4, 0.5) is 5.69 Å². The number of nitrogens with one attached hydrogen (secondary N) is 1. The maximum atomic E-state index is 12.3. The van der Waals surface area contributed by atoms with Crippen LogP contribution in [0.25, 0.3) is 0 Å². The predicted octanol–water partition coefficient (Wildman–Crippen LogP) is 3.66. The molecule has 0 aliphatic heterocycles. The van der Waals surface area contributed by atoms with Gasteiger partial charge in [0.15, 0.2) is 5.15 Å². The first-order valence-corrected chi connectivity index (χ1v) is 6.82. The Morgan fingerprint density at radius 1 is 1.24 bits per heavy atom. The van der Waals surface area contributed by atoms with Crippen LogP contribution in [0.1, 0.15) is 21.5 Å². The van der Waals surface area contributed by atoms with Crippen LogP contribution >= 0.6 is 23.2 Å². The molecule has 2 rings (SSSR count). The molecule has 0 saturated carbocycles. The molecular formula is C14H13Cl2N3O2. The van der Waals surface area contributed by atoms with Gasteiger partial charge in [0.1, 0.15) is 5.75 Å². The van der Waals surface area contributed by atoms with Crippen LogP contribution in [0.5, 0.6) is 5.75 Å². The molecule has 0 spiro atoms. The van der Waals surface area contributed by atoms with Gasteiger partial charge in [-0.15, -0.1) is 0 Å². The van der Waals surface area contributed by atoms with Crippen LogP contribution in [0, 0.1) is 13.8 Å². The fourth-order valence-electron chi connectivity index (χ4n) is 2.02. The van der Waals surface area contributed by atoms with Gasteiger partial charge in [0, 0.05) is 5.56 Å². The summed E-state index contributed by atoms with van der Waals surface area (Å²) >= 11 is 11.5. The minimum absolute atomic E-state index is 0.0223. The van der Waals surface area contributed by atoms with E-state index in [9.17, 15) is 4.79 Å². The number of aromatic nitrogens is 2. The van der Waals surface area contributed by atoms with Gasteiger partial charge in [0.25, 0.3) is 5.91 Å². The third-order valence-corrected chi connectivity index (χ3v) is 3.36. The fraction of sp³-hybridized carbons (Fsp3) is 0.214. The highest BCUT2D eigenvalue weighted by atomic mass is 35.5. The van der Waals surface area contributed by atoms with Gasteiger partial charge in [-0.3, -0.25) is 4.79 Å². The van der Waals surface area contributed by atoms with Crippen molar-refractivity contribution >= 4 is 34.8 Å². The average Bonchev–Trinajstić information content (AvgIpc) is 2.41. The summed E-state index contributed by atoms with van der Waals surface area (Å²) in [6, 6.07) is 3.48. The zero-order chi connectivity index (χ0) is 15.6. The van der Waals surface area contributed by atoms with E-state index >= 15 is 0 Å². The van der Waals surface area contributed by atoms with Gasteiger partial charge >= 0.3 is 0 Å². The molecule has 0 unspecified atom stereocenters. The van der Waals surface area contributed by atoms with Gasteiger partial charge in [0.05, 0.1) is 19.0 Å². The normalized spacial score (nSPS) is 10.3. The highest BCUT2D eigenvalue weighted by molar-refractivity contribution is 6.34. The van der Waals surface area contributed by atoms with E-state index in [0.29, 0.717) is 11.3 Å². The molecule has 0 saturated heterocycles. The van der Waals surface area contributed by atoms with Crippen LogP contribution in [-0.4, -0.2) is 23.0 Å². The fourth-order valence-corrected chi connectivity index (χ4v) is 2.38. The van der Waals surface area contributed by atoms with Crippen molar-refractivity contribution in [2.45, 2.75) is 13.8 Å². The smallest absolute Gasteiger partial charge is 0.255 e. The first kappa shape index (κ1) is 15.5. The maximum absolute atomic E-state index is 12.3. The molecule has 0 bridgehead atoms. The van der Waals surface area contributed by atoms with E-state index in [2.05, 4.69) is 15.3 Å². The molecule has 5 nitrogen and oxygen atoms in total. The zero-order valence-electron chi connectivity index (χ0n) is 11.7. The van der Waals surface area contributed by atoms with E-state index in [1.165, 1.54) is 6.20 Å². The van der Waals surface area contributed by atoms with Gasteiger partial charge < -0.3 is 10.1 Å². The van der Waals surface area contributed by atoms with Gasteiger partial charge in [-0.1, -0.05) is 11.6 Å². The molecule has 0 aliphatic rings. The highest BCUT2D eigenvalue weighted by Crippen LogP contribution is 2.25. The molecular weight excluding hydrogens is 313 g/mol. The second kappa shape index (κ2) is 6.28. The minimum atomic E-state index is -0.309. The number of rotatable bonds is 3. The van der Waals surface area contributed by atoms with Crippen LogP contribution in [-0.2, 0) is 0 Å². The molecule has 110 valence electrons. The Morgan fingerprint density at radius 2 is 1.86 bits per heavy atom. The van der Waals surface area contributed by atoms with Crippen LogP contribution in [0.2, 0.25) is 10.4 Å². The third-order valence-electron chi connectivity index (χ3n) is 2.89. The lowest BCUT2D eigenvalue weighted by molar-refractivity contribution is 0.102. The Balaban J connectivity index is 2.28. The van der Waals surface area contributed by atoms with Gasteiger partial charge in [0.2, 0.25) is 5.28 Å². The summed E-state index contributed by atoms with van der Waals surface area (Å²) in [5.74, 6) is 0.455. The highest BCUT2D eigenvalue weighted by Gasteiger charge is 2.13. The number of benzene rings is 1. The summed E-state index contributed by atoms with van der Waals surface area (Å²) in [6.07, 6.45) is 1.36. The largest absolute Gasteiger partial charge is 0.496 e. The monoisotopic (exact) mass is 325 g/mol. The summed E-state index contributed by atoms with van der Waals surface area (Å²) < 4.78 is 5.27. The van der Waals surface area contributed by atoms with Gasteiger partial charge in [-0.2, -0.15) is 0 Å². The Morgan fingerprint density at radius 3 is 2.38 bits per heavy atom. The van der Waals surface area contributed by atoms with Crippen molar-refractivity contribution in [3.63, 3.8) is 0 Å². The number of anilines is 1. The van der Waals surface area contributed by atoms with Crippen molar-refractivity contribution < 1.29 is 9.53 Å². The van der Waals surface area contributed by atoms with E-state index in [1.807, 2.05) is 13.8 Å². The molecule has 1 N–H and O–H groups in total. The lowest BCUT2D eigenvalue weighted by atomic mass is 10.1. The number of carbonyl (C=O) groups is 1. The molecule has 2 aromatic rings. The number of methoxy groups -OCH3 is 1. The molecule has 0 aliphatic carbocycles. The lowest BCUT2D eigenvalue weighted by Crippen LogP contribution is -2.13. The molecule has 0 radical (unpaired) electrons.